The Morgan fingerprint density at radius 3 is 2.67 bits per heavy atom. The molecule has 222 valence electrons. The molecule has 2 aromatic carbocycles. The normalized spacial score (nSPS) is 14.7. The van der Waals surface area contributed by atoms with Crippen LogP contribution in [-0.4, -0.2) is 52.7 Å². The van der Waals surface area contributed by atoms with E-state index in [9.17, 15) is 9.59 Å². The molecule has 0 atom stereocenters. The van der Waals surface area contributed by atoms with Gasteiger partial charge in [0.1, 0.15) is 29.5 Å². The number of halogens is 2. The average molecular weight is 604 g/mol. The van der Waals surface area contributed by atoms with Crippen molar-refractivity contribution in [3.63, 3.8) is 0 Å². The molecule has 2 aromatic heterocycles. The first-order chi connectivity index (χ1) is 20.4. The van der Waals surface area contributed by atoms with Crippen molar-refractivity contribution in [1.82, 2.24) is 14.9 Å². The van der Waals surface area contributed by atoms with Gasteiger partial charge in [0.25, 0.3) is 0 Å². The first kappa shape index (κ1) is 28.7. The predicted molar refractivity (Wildman–Crippen MR) is 164 cm³/mol. The number of benzene rings is 2. The molecule has 0 spiro atoms. The van der Waals surface area contributed by atoms with E-state index in [1.54, 1.807) is 51.8 Å². The molecular formula is C32H31ClFN5O4. The zero-order chi connectivity index (χ0) is 30.6. The zero-order valence-electron chi connectivity index (χ0n) is 24.5. The molecule has 1 N–H and O–H groups in total. The van der Waals surface area contributed by atoms with Crippen LogP contribution in [-0.2, 0) is 22.5 Å². The molecule has 2 aliphatic heterocycles. The Kier molecular flexibility index (Phi) is 7.12. The standard InChI is InChI=1S/C32H31ClFN5O4/c1-17-23(14-36-30-29(17)39(8-9-42-30)31(41)43-32(2,3)4)22-11-19-12-25(35-15-24(19)27(33)28(22)34)37-21-7-6-18-13-26(40)38(5)16-20(18)10-21/h6-7,10-12,14-15H,8-9,13,16H2,1-5H3,(H,35,37). The molecule has 0 radical (unpaired) electrons. The number of carbonyl (C=O) groups excluding carboxylic acids is 2. The largest absolute Gasteiger partial charge is 0.474 e. The smallest absolute Gasteiger partial charge is 0.415 e. The number of amides is 2. The third-order valence-electron chi connectivity index (χ3n) is 7.56. The van der Waals surface area contributed by atoms with Gasteiger partial charge in [-0.05, 0) is 74.0 Å². The van der Waals surface area contributed by atoms with E-state index in [0.29, 0.717) is 46.4 Å². The first-order valence-electron chi connectivity index (χ1n) is 13.9. The van der Waals surface area contributed by atoms with Crippen molar-refractivity contribution < 1.29 is 23.5 Å². The van der Waals surface area contributed by atoms with Crippen molar-refractivity contribution >= 4 is 51.6 Å². The molecule has 6 rings (SSSR count). The molecule has 0 unspecified atom stereocenters. The van der Waals surface area contributed by atoms with Crippen molar-refractivity contribution in [2.45, 2.75) is 46.3 Å². The fraction of sp³-hybridized carbons (Fsp3) is 0.312. The van der Waals surface area contributed by atoms with Crippen LogP contribution in [0.25, 0.3) is 21.9 Å². The van der Waals surface area contributed by atoms with Crippen LogP contribution < -0.4 is 15.0 Å². The summed E-state index contributed by atoms with van der Waals surface area (Å²) in [6, 6.07) is 9.37. The molecule has 11 heteroatoms. The van der Waals surface area contributed by atoms with Gasteiger partial charge < -0.3 is 19.7 Å². The van der Waals surface area contributed by atoms with Gasteiger partial charge in [0.15, 0.2) is 0 Å². The summed E-state index contributed by atoms with van der Waals surface area (Å²) in [7, 11) is 1.79. The van der Waals surface area contributed by atoms with Crippen LogP contribution in [0.3, 0.4) is 0 Å². The number of aromatic nitrogens is 2. The van der Waals surface area contributed by atoms with Crippen molar-refractivity contribution in [2.75, 3.05) is 30.4 Å². The number of anilines is 3. The van der Waals surface area contributed by atoms with Gasteiger partial charge in [-0.15, -0.1) is 0 Å². The maximum atomic E-state index is 15.8. The summed E-state index contributed by atoms with van der Waals surface area (Å²) in [4.78, 5) is 37.2. The minimum absolute atomic E-state index is 0.0644. The van der Waals surface area contributed by atoms with E-state index in [2.05, 4.69) is 15.3 Å². The van der Waals surface area contributed by atoms with Gasteiger partial charge >= 0.3 is 6.09 Å². The van der Waals surface area contributed by atoms with Gasteiger partial charge in [-0.1, -0.05) is 17.7 Å². The molecule has 0 saturated carbocycles. The summed E-state index contributed by atoms with van der Waals surface area (Å²) in [6.07, 6.45) is 2.92. The van der Waals surface area contributed by atoms with E-state index in [1.807, 2.05) is 18.2 Å². The molecular weight excluding hydrogens is 573 g/mol. The van der Waals surface area contributed by atoms with E-state index in [-0.39, 0.29) is 35.5 Å². The van der Waals surface area contributed by atoms with Crippen LogP contribution in [0.5, 0.6) is 5.88 Å². The maximum Gasteiger partial charge on any atom is 0.415 e. The van der Waals surface area contributed by atoms with E-state index in [1.165, 1.54) is 17.3 Å². The second kappa shape index (κ2) is 10.7. The molecule has 0 fully saturated rings. The van der Waals surface area contributed by atoms with Gasteiger partial charge in [0, 0.05) is 48.2 Å². The highest BCUT2D eigenvalue weighted by molar-refractivity contribution is 6.36. The molecule has 4 aromatic rings. The third kappa shape index (κ3) is 5.43. The topological polar surface area (TPSA) is 96.9 Å². The number of likely N-dealkylation sites (N-methyl/N-ethyl adjacent to an activating group) is 1. The monoisotopic (exact) mass is 603 g/mol. The lowest BCUT2D eigenvalue weighted by Crippen LogP contribution is -2.42. The summed E-state index contributed by atoms with van der Waals surface area (Å²) in [5.74, 6) is 0.308. The number of fused-ring (bicyclic) bond motifs is 3. The second-order valence-corrected chi connectivity index (χ2v) is 12.2. The molecule has 0 aliphatic carbocycles. The highest BCUT2D eigenvalue weighted by Gasteiger charge is 2.32. The van der Waals surface area contributed by atoms with Crippen LogP contribution in [0.1, 0.15) is 37.5 Å². The maximum absolute atomic E-state index is 15.8. The van der Waals surface area contributed by atoms with Crippen LogP contribution in [0.2, 0.25) is 5.02 Å². The number of hydrogen-bond donors (Lipinski definition) is 1. The lowest BCUT2D eigenvalue weighted by molar-refractivity contribution is -0.130. The minimum Gasteiger partial charge on any atom is -0.474 e. The van der Waals surface area contributed by atoms with Crippen molar-refractivity contribution in [1.29, 1.82) is 0 Å². The summed E-state index contributed by atoms with van der Waals surface area (Å²) >= 11 is 6.55. The quantitative estimate of drug-likeness (QED) is 0.275. The Hall–Kier alpha value is -4.44. The Labute approximate surface area is 253 Å². The van der Waals surface area contributed by atoms with E-state index < -0.39 is 17.5 Å². The number of nitrogens with zero attached hydrogens (tertiary/aromatic N) is 4. The number of hydrogen-bond acceptors (Lipinski definition) is 7. The van der Waals surface area contributed by atoms with Crippen LogP contribution in [0.4, 0.5) is 26.4 Å². The fourth-order valence-corrected chi connectivity index (χ4v) is 5.68. The van der Waals surface area contributed by atoms with Gasteiger partial charge in [-0.25, -0.2) is 19.2 Å². The van der Waals surface area contributed by atoms with Crippen LogP contribution in [0, 0.1) is 12.7 Å². The first-order valence-corrected chi connectivity index (χ1v) is 14.3. The highest BCUT2D eigenvalue weighted by Crippen LogP contribution is 2.42. The highest BCUT2D eigenvalue weighted by atomic mass is 35.5. The molecule has 2 amide bonds. The van der Waals surface area contributed by atoms with Gasteiger partial charge in [-0.2, -0.15) is 0 Å². The van der Waals surface area contributed by atoms with E-state index in [4.69, 9.17) is 21.1 Å². The lowest BCUT2D eigenvalue weighted by Gasteiger charge is -2.32. The fourth-order valence-electron chi connectivity index (χ4n) is 5.42. The van der Waals surface area contributed by atoms with Crippen LogP contribution in [0.15, 0.2) is 42.7 Å². The molecule has 0 bridgehead atoms. The SMILES string of the molecule is Cc1c(-c2cc3cc(Nc4ccc5c(c4)CN(C)C(=O)C5)ncc3c(Cl)c2F)cnc2c1N(C(=O)OC(C)(C)C)CCO2. The Morgan fingerprint density at radius 1 is 1.12 bits per heavy atom. The van der Waals surface area contributed by atoms with Crippen molar-refractivity contribution in [2.24, 2.45) is 0 Å². The van der Waals surface area contributed by atoms with Gasteiger partial charge in [-0.3, -0.25) is 9.69 Å². The van der Waals surface area contributed by atoms with E-state index in [0.717, 1.165) is 16.8 Å². The molecule has 43 heavy (non-hydrogen) atoms. The summed E-state index contributed by atoms with van der Waals surface area (Å²) in [5, 5.41) is 4.38. The minimum atomic E-state index is -0.694. The summed E-state index contributed by atoms with van der Waals surface area (Å²) in [6.45, 7) is 8.25. The predicted octanol–water partition coefficient (Wildman–Crippen LogP) is 6.79. The summed E-state index contributed by atoms with van der Waals surface area (Å²) in [5.41, 5.74) is 3.95. The average Bonchev–Trinajstić information content (AvgIpc) is 2.95. The second-order valence-electron chi connectivity index (χ2n) is 11.8. The zero-order valence-corrected chi connectivity index (χ0v) is 25.3. The van der Waals surface area contributed by atoms with Crippen molar-refractivity contribution in [3.05, 3.63) is 70.3 Å². The van der Waals surface area contributed by atoms with Gasteiger partial charge in [0.05, 0.1) is 18.0 Å². The number of rotatable bonds is 3. The lowest BCUT2D eigenvalue weighted by atomic mass is 9.97. The molecule has 4 heterocycles. The molecule has 9 nitrogen and oxygen atoms in total. The number of ether oxygens (including phenoxy) is 2. The number of nitrogens with one attached hydrogen (secondary N) is 1. The van der Waals surface area contributed by atoms with Crippen LogP contribution >= 0.6 is 11.6 Å². The van der Waals surface area contributed by atoms with E-state index >= 15 is 4.39 Å². The Balaban J connectivity index is 1.37. The number of pyridine rings is 2. The molecule has 0 saturated heterocycles. The number of carbonyl (C=O) groups is 2. The summed E-state index contributed by atoms with van der Waals surface area (Å²) < 4.78 is 27.2. The third-order valence-corrected chi connectivity index (χ3v) is 7.92. The Morgan fingerprint density at radius 2 is 1.91 bits per heavy atom. The van der Waals surface area contributed by atoms with Gasteiger partial charge in [0.2, 0.25) is 11.8 Å². The van der Waals surface area contributed by atoms with Crippen molar-refractivity contribution in [3.8, 4) is 17.0 Å². The molecule has 2 aliphatic rings. The Bertz CT molecular complexity index is 1810.